The minimum atomic E-state index is -4.41. The molecule has 0 aromatic heterocycles. The van der Waals surface area contributed by atoms with Crippen molar-refractivity contribution in [2.45, 2.75) is 31.9 Å². The molecule has 1 unspecified atom stereocenters. The zero-order valence-electron chi connectivity index (χ0n) is 18.6. The molecule has 34 heavy (non-hydrogen) atoms. The van der Waals surface area contributed by atoms with E-state index in [4.69, 9.17) is 14.2 Å². The number of nitrogens with zero attached hydrogens (tertiary/aromatic N) is 1. The summed E-state index contributed by atoms with van der Waals surface area (Å²) < 4.78 is 54.7. The van der Waals surface area contributed by atoms with Crippen LogP contribution in [0.4, 0.5) is 18.0 Å². The lowest BCUT2D eigenvalue weighted by Crippen LogP contribution is -2.47. The highest BCUT2D eigenvalue weighted by Gasteiger charge is 2.30. The summed E-state index contributed by atoms with van der Waals surface area (Å²) in [6.07, 6.45) is -5.28. The third-order valence-corrected chi connectivity index (χ3v) is 5.14. The average Bonchev–Trinajstić information content (AvgIpc) is 2.83. The number of carbonyl (C=O) groups excluding carboxylic acids is 2. The lowest BCUT2D eigenvalue weighted by Gasteiger charge is -2.33. The number of ether oxygens (including phenoxy) is 3. The van der Waals surface area contributed by atoms with Gasteiger partial charge in [0, 0.05) is 26.1 Å². The van der Waals surface area contributed by atoms with Crippen molar-refractivity contribution in [3.05, 3.63) is 71.3 Å². The predicted molar refractivity (Wildman–Crippen MR) is 117 cm³/mol. The summed E-state index contributed by atoms with van der Waals surface area (Å²) in [6, 6.07) is 14.2. The summed E-state index contributed by atoms with van der Waals surface area (Å²) in [5, 5.41) is 2.56. The molecule has 0 saturated carbocycles. The molecule has 1 aliphatic heterocycles. The maximum Gasteiger partial charge on any atom is 0.416 e. The molecular formula is C24H27F3N2O5. The molecule has 2 aromatic carbocycles. The van der Waals surface area contributed by atoms with Crippen LogP contribution in [-0.4, -0.2) is 55.9 Å². The van der Waals surface area contributed by atoms with E-state index in [1.807, 2.05) is 30.3 Å². The Bertz CT molecular complexity index is 940. The fourth-order valence-corrected chi connectivity index (χ4v) is 3.40. The standard InChI is InChI=1S/C24H27F3N2O5/c25-24(26,27)20-8-4-7-19(13-20)15-32-17-21-14-29(11-12-33-21)22(30)9-10-28-23(31)34-16-18-5-2-1-3-6-18/h1-8,13,21H,9-12,14-17H2,(H,28,31). The van der Waals surface area contributed by atoms with Crippen molar-refractivity contribution < 1.29 is 37.0 Å². The van der Waals surface area contributed by atoms with E-state index >= 15 is 0 Å². The van der Waals surface area contributed by atoms with Gasteiger partial charge in [-0.3, -0.25) is 4.79 Å². The fourth-order valence-electron chi connectivity index (χ4n) is 3.40. The van der Waals surface area contributed by atoms with Gasteiger partial charge in [-0.15, -0.1) is 0 Å². The van der Waals surface area contributed by atoms with Crippen LogP contribution in [0.3, 0.4) is 0 Å². The molecule has 1 N–H and O–H groups in total. The lowest BCUT2D eigenvalue weighted by molar-refractivity contribution is -0.141. The Hall–Kier alpha value is -3.11. The van der Waals surface area contributed by atoms with Gasteiger partial charge in [0.15, 0.2) is 0 Å². The number of halogens is 3. The highest BCUT2D eigenvalue weighted by Crippen LogP contribution is 2.29. The second kappa shape index (κ2) is 12.4. The molecule has 1 fully saturated rings. The van der Waals surface area contributed by atoms with E-state index in [0.717, 1.165) is 17.7 Å². The molecule has 0 radical (unpaired) electrons. The Morgan fingerprint density at radius 2 is 1.82 bits per heavy atom. The lowest BCUT2D eigenvalue weighted by atomic mass is 10.1. The van der Waals surface area contributed by atoms with Crippen LogP contribution >= 0.6 is 0 Å². The summed E-state index contributed by atoms with van der Waals surface area (Å²) in [6.45, 7) is 1.49. The van der Waals surface area contributed by atoms with Crippen molar-refractivity contribution >= 4 is 12.0 Å². The van der Waals surface area contributed by atoms with Crippen LogP contribution in [0.5, 0.6) is 0 Å². The van der Waals surface area contributed by atoms with E-state index < -0.39 is 17.8 Å². The van der Waals surface area contributed by atoms with Gasteiger partial charge >= 0.3 is 12.3 Å². The smallest absolute Gasteiger partial charge is 0.416 e. The van der Waals surface area contributed by atoms with E-state index in [2.05, 4.69) is 5.32 Å². The Morgan fingerprint density at radius 3 is 2.59 bits per heavy atom. The quantitative estimate of drug-likeness (QED) is 0.592. The maximum atomic E-state index is 12.8. The average molecular weight is 480 g/mol. The summed E-state index contributed by atoms with van der Waals surface area (Å²) in [5.74, 6) is -0.144. The van der Waals surface area contributed by atoms with Crippen molar-refractivity contribution in [2.75, 3.05) is 32.8 Å². The second-order valence-corrected chi connectivity index (χ2v) is 7.78. The molecule has 3 rings (SSSR count). The first-order valence-electron chi connectivity index (χ1n) is 10.9. The number of morpholine rings is 1. The number of alkyl halides is 3. The molecule has 1 atom stereocenters. The van der Waals surface area contributed by atoms with Gasteiger partial charge in [0.25, 0.3) is 0 Å². The van der Waals surface area contributed by atoms with Crippen molar-refractivity contribution in [3.63, 3.8) is 0 Å². The summed E-state index contributed by atoms with van der Waals surface area (Å²) in [7, 11) is 0. The minimum absolute atomic E-state index is 0.00669. The van der Waals surface area contributed by atoms with Crippen LogP contribution < -0.4 is 5.32 Å². The van der Waals surface area contributed by atoms with Crippen molar-refractivity contribution in [1.82, 2.24) is 10.2 Å². The molecular weight excluding hydrogens is 453 g/mol. The molecule has 0 bridgehead atoms. The number of hydrogen-bond acceptors (Lipinski definition) is 5. The third kappa shape index (κ3) is 8.35. The van der Waals surface area contributed by atoms with Crippen LogP contribution in [0.1, 0.15) is 23.1 Å². The molecule has 184 valence electrons. The number of hydrogen-bond donors (Lipinski definition) is 1. The zero-order valence-corrected chi connectivity index (χ0v) is 18.6. The Labute approximate surface area is 195 Å². The number of nitrogens with one attached hydrogen (secondary N) is 1. The van der Waals surface area contributed by atoms with Gasteiger partial charge in [0.1, 0.15) is 6.61 Å². The van der Waals surface area contributed by atoms with Gasteiger partial charge in [0.05, 0.1) is 31.5 Å². The molecule has 1 aliphatic rings. The van der Waals surface area contributed by atoms with Crippen LogP contribution in [0.25, 0.3) is 0 Å². The largest absolute Gasteiger partial charge is 0.445 e. The second-order valence-electron chi connectivity index (χ2n) is 7.78. The van der Waals surface area contributed by atoms with Gasteiger partial charge in [-0.1, -0.05) is 42.5 Å². The molecule has 0 spiro atoms. The number of alkyl carbamates (subject to hydrolysis) is 1. The van der Waals surface area contributed by atoms with E-state index in [0.29, 0.717) is 25.3 Å². The van der Waals surface area contributed by atoms with E-state index in [9.17, 15) is 22.8 Å². The number of benzene rings is 2. The zero-order chi connectivity index (χ0) is 24.4. The molecule has 0 aliphatic carbocycles. The monoisotopic (exact) mass is 480 g/mol. The van der Waals surface area contributed by atoms with Crippen LogP contribution in [-0.2, 0) is 38.4 Å². The summed E-state index contributed by atoms with van der Waals surface area (Å²) in [5.41, 5.74) is 0.545. The van der Waals surface area contributed by atoms with E-state index in [-0.39, 0.29) is 44.8 Å². The topological polar surface area (TPSA) is 77.1 Å². The third-order valence-electron chi connectivity index (χ3n) is 5.14. The Kier molecular flexibility index (Phi) is 9.29. The van der Waals surface area contributed by atoms with Gasteiger partial charge in [-0.2, -0.15) is 13.2 Å². The van der Waals surface area contributed by atoms with Crippen LogP contribution in [0.2, 0.25) is 0 Å². The van der Waals surface area contributed by atoms with Crippen LogP contribution in [0.15, 0.2) is 54.6 Å². The van der Waals surface area contributed by atoms with Crippen molar-refractivity contribution in [2.24, 2.45) is 0 Å². The van der Waals surface area contributed by atoms with Gasteiger partial charge in [-0.25, -0.2) is 4.79 Å². The fraction of sp³-hybridized carbons (Fsp3) is 0.417. The van der Waals surface area contributed by atoms with Gasteiger partial charge in [0.2, 0.25) is 5.91 Å². The van der Waals surface area contributed by atoms with Gasteiger partial charge < -0.3 is 24.4 Å². The van der Waals surface area contributed by atoms with Crippen LogP contribution in [0, 0.1) is 0 Å². The first-order valence-corrected chi connectivity index (χ1v) is 10.9. The molecule has 1 heterocycles. The van der Waals surface area contributed by atoms with E-state index in [1.54, 1.807) is 11.0 Å². The molecule has 1 saturated heterocycles. The number of amides is 2. The predicted octanol–water partition coefficient (Wildman–Crippen LogP) is 3.77. The SMILES string of the molecule is O=C(NCCC(=O)N1CCOC(COCc2cccc(C(F)(F)F)c2)C1)OCc1ccccc1. The molecule has 2 amide bonds. The highest BCUT2D eigenvalue weighted by atomic mass is 19.4. The van der Waals surface area contributed by atoms with Crippen molar-refractivity contribution in [3.8, 4) is 0 Å². The number of rotatable bonds is 9. The molecule has 10 heteroatoms. The normalized spacial score (nSPS) is 16.2. The first-order chi connectivity index (χ1) is 16.3. The first kappa shape index (κ1) is 25.5. The van der Waals surface area contributed by atoms with E-state index in [1.165, 1.54) is 6.07 Å². The van der Waals surface area contributed by atoms with Crippen molar-refractivity contribution in [1.29, 1.82) is 0 Å². The summed E-state index contributed by atoms with van der Waals surface area (Å²) in [4.78, 5) is 25.9. The Morgan fingerprint density at radius 1 is 1.06 bits per heavy atom. The number of carbonyl (C=O) groups is 2. The Balaban J connectivity index is 1.34. The molecule has 7 nitrogen and oxygen atoms in total. The highest BCUT2D eigenvalue weighted by molar-refractivity contribution is 5.77. The summed E-state index contributed by atoms with van der Waals surface area (Å²) >= 11 is 0. The van der Waals surface area contributed by atoms with Gasteiger partial charge in [-0.05, 0) is 23.3 Å². The minimum Gasteiger partial charge on any atom is -0.445 e. The molecule has 2 aromatic rings. The maximum absolute atomic E-state index is 12.8.